The van der Waals surface area contributed by atoms with Crippen molar-refractivity contribution >= 4 is 7.60 Å². The average Bonchev–Trinajstić information content (AvgIpc) is 1.76. The Hall–Kier alpha value is 0.110. The van der Waals surface area contributed by atoms with Crippen LogP contribution in [0.5, 0.6) is 0 Å². The Morgan fingerprint density at radius 2 is 1.43 bits per heavy atom. The highest BCUT2D eigenvalue weighted by Crippen LogP contribution is 2.50. The normalized spacial score (nSPS) is 15.1. The summed E-state index contributed by atoms with van der Waals surface area (Å²) in [6, 6.07) is -0.182. The Kier molecular flexibility index (Phi) is 5.91. The molecule has 0 fully saturated rings. The lowest BCUT2D eigenvalue weighted by Gasteiger charge is -2.23. The van der Waals surface area contributed by atoms with Gasteiger partial charge in [0.2, 0.25) is 0 Å². The maximum atomic E-state index is 12.1. The van der Waals surface area contributed by atoms with Crippen molar-refractivity contribution in [1.82, 2.24) is 0 Å². The van der Waals surface area contributed by atoms with E-state index < -0.39 is 7.60 Å². The standard InChI is InChI=1S/C9H22NO3P/c1-7(2)12-14(11,6-9(5)10)13-8(3)4/h7-9H,6,10H2,1-5H3. The molecule has 0 saturated heterocycles. The molecule has 0 radical (unpaired) electrons. The summed E-state index contributed by atoms with van der Waals surface area (Å²) in [4.78, 5) is 0. The van der Waals surface area contributed by atoms with Gasteiger partial charge in [0.15, 0.2) is 0 Å². The van der Waals surface area contributed by atoms with E-state index in [-0.39, 0.29) is 24.4 Å². The number of hydrogen-bond donors (Lipinski definition) is 1. The molecule has 0 aromatic rings. The minimum atomic E-state index is -3.01. The lowest BCUT2D eigenvalue weighted by Crippen LogP contribution is -2.23. The van der Waals surface area contributed by atoms with Crippen LogP contribution in [0.15, 0.2) is 0 Å². The molecule has 1 atom stereocenters. The Labute approximate surface area is 86.7 Å². The summed E-state index contributed by atoms with van der Waals surface area (Å²) in [7, 11) is -3.01. The second-order valence-corrected chi connectivity index (χ2v) is 6.09. The number of hydrogen-bond acceptors (Lipinski definition) is 4. The molecule has 1 unspecified atom stereocenters. The van der Waals surface area contributed by atoms with Crippen molar-refractivity contribution in [2.45, 2.75) is 52.9 Å². The SMILES string of the molecule is CC(N)CP(=O)(OC(C)C)OC(C)C. The van der Waals surface area contributed by atoms with Gasteiger partial charge in [-0.15, -0.1) is 0 Å². The Balaban J connectivity index is 4.41. The lowest BCUT2D eigenvalue weighted by molar-refractivity contribution is 0.142. The molecule has 14 heavy (non-hydrogen) atoms. The fourth-order valence-corrected chi connectivity index (χ4v) is 3.32. The summed E-state index contributed by atoms with van der Waals surface area (Å²) in [5.41, 5.74) is 5.60. The monoisotopic (exact) mass is 223 g/mol. The van der Waals surface area contributed by atoms with Gasteiger partial charge in [-0.3, -0.25) is 4.57 Å². The maximum absolute atomic E-state index is 12.1. The fourth-order valence-electron chi connectivity index (χ4n) is 1.11. The van der Waals surface area contributed by atoms with Gasteiger partial charge in [0, 0.05) is 6.04 Å². The van der Waals surface area contributed by atoms with E-state index in [0.717, 1.165) is 0 Å². The molecule has 0 heterocycles. The first kappa shape index (κ1) is 14.1. The molecule has 0 aromatic carbocycles. The average molecular weight is 223 g/mol. The van der Waals surface area contributed by atoms with E-state index >= 15 is 0 Å². The van der Waals surface area contributed by atoms with Crippen LogP contribution in [0.25, 0.3) is 0 Å². The van der Waals surface area contributed by atoms with Gasteiger partial charge in [-0.25, -0.2) is 0 Å². The Bertz CT molecular complexity index is 171. The summed E-state index contributed by atoms with van der Waals surface area (Å²) < 4.78 is 22.7. The van der Waals surface area contributed by atoms with Crippen molar-refractivity contribution in [2.24, 2.45) is 5.73 Å². The highest BCUT2D eigenvalue weighted by Gasteiger charge is 2.28. The zero-order valence-electron chi connectivity index (χ0n) is 9.69. The van der Waals surface area contributed by atoms with E-state index in [1.165, 1.54) is 0 Å². The van der Waals surface area contributed by atoms with Crippen molar-refractivity contribution in [2.75, 3.05) is 6.16 Å². The minimum Gasteiger partial charge on any atom is -0.327 e. The smallest absolute Gasteiger partial charge is 0.327 e. The van der Waals surface area contributed by atoms with Crippen LogP contribution in [0, 0.1) is 0 Å². The van der Waals surface area contributed by atoms with Gasteiger partial charge >= 0.3 is 7.60 Å². The van der Waals surface area contributed by atoms with Crippen LogP contribution in [-0.2, 0) is 13.6 Å². The largest absolute Gasteiger partial charge is 0.332 e. The van der Waals surface area contributed by atoms with Gasteiger partial charge in [0.05, 0.1) is 18.4 Å². The summed E-state index contributed by atoms with van der Waals surface area (Å²) in [5.74, 6) is 0. The third-order valence-corrected chi connectivity index (χ3v) is 3.76. The van der Waals surface area contributed by atoms with E-state index in [1.54, 1.807) is 6.92 Å². The van der Waals surface area contributed by atoms with Crippen LogP contribution < -0.4 is 5.73 Å². The quantitative estimate of drug-likeness (QED) is 0.702. The zero-order valence-corrected chi connectivity index (χ0v) is 10.6. The van der Waals surface area contributed by atoms with Gasteiger partial charge in [0.1, 0.15) is 0 Å². The molecule has 0 amide bonds. The third-order valence-electron chi connectivity index (χ3n) is 1.25. The topological polar surface area (TPSA) is 61.6 Å². The fraction of sp³-hybridized carbons (Fsp3) is 1.00. The molecule has 0 aliphatic heterocycles. The molecule has 0 aliphatic rings. The van der Waals surface area contributed by atoms with E-state index in [2.05, 4.69) is 0 Å². The van der Waals surface area contributed by atoms with Gasteiger partial charge in [-0.05, 0) is 34.6 Å². The molecule has 2 N–H and O–H groups in total. The molecule has 4 nitrogen and oxygen atoms in total. The molecule has 5 heteroatoms. The van der Waals surface area contributed by atoms with Crippen LogP contribution in [0.2, 0.25) is 0 Å². The first-order valence-corrected chi connectivity index (χ1v) is 6.69. The zero-order chi connectivity index (χ0) is 11.4. The Morgan fingerprint density at radius 1 is 1.07 bits per heavy atom. The second-order valence-electron chi connectivity index (χ2n) is 4.08. The highest BCUT2D eigenvalue weighted by molar-refractivity contribution is 7.53. The van der Waals surface area contributed by atoms with Crippen molar-refractivity contribution in [3.05, 3.63) is 0 Å². The second kappa shape index (κ2) is 5.86. The Morgan fingerprint density at radius 3 is 1.64 bits per heavy atom. The van der Waals surface area contributed by atoms with Gasteiger partial charge < -0.3 is 14.8 Å². The predicted molar refractivity (Wildman–Crippen MR) is 58.6 cm³/mol. The lowest BCUT2D eigenvalue weighted by atomic mass is 10.4. The number of rotatable bonds is 6. The van der Waals surface area contributed by atoms with Crippen molar-refractivity contribution < 1.29 is 13.6 Å². The number of nitrogens with two attached hydrogens (primary N) is 1. The van der Waals surface area contributed by atoms with E-state index in [9.17, 15) is 4.57 Å². The van der Waals surface area contributed by atoms with Crippen LogP contribution in [-0.4, -0.2) is 24.4 Å². The molecule has 86 valence electrons. The molecule has 0 aliphatic carbocycles. The third kappa shape index (κ3) is 6.55. The van der Waals surface area contributed by atoms with Crippen molar-refractivity contribution in [3.63, 3.8) is 0 Å². The van der Waals surface area contributed by atoms with E-state index in [0.29, 0.717) is 0 Å². The van der Waals surface area contributed by atoms with Crippen molar-refractivity contribution in [3.8, 4) is 0 Å². The summed E-state index contributed by atoms with van der Waals surface area (Å²) in [6.45, 7) is 9.12. The molecule has 0 aromatic heterocycles. The first-order chi connectivity index (χ1) is 6.25. The summed E-state index contributed by atoms with van der Waals surface area (Å²) >= 11 is 0. The predicted octanol–water partition coefficient (Wildman–Crippen LogP) is 2.38. The van der Waals surface area contributed by atoms with Gasteiger partial charge in [-0.2, -0.15) is 0 Å². The molecule has 0 bridgehead atoms. The van der Waals surface area contributed by atoms with Gasteiger partial charge in [0.25, 0.3) is 0 Å². The minimum absolute atomic E-state index is 0.113. The van der Waals surface area contributed by atoms with E-state index in [1.807, 2.05) is 27.7 Å². The molecular formula is C9H22NO3P. The van der Waals surface area contributed by atoms with E-state index in [4.69, 9.17) is 14.8 Å². The molecule has 0 saturated carbocycles. The summed E-state index contributed by atoms with van der Waals surface area (Å²) in [5, 5.41) is 0. The van der Waals surface area contributed by atoms with Crippen molar-refractivity contribution in [1.29, 1.82) is 0 Å². The van der Waals surface area contributed by atoms with Crippen LogP contribution in [0.1, 0.15) is 34.6 Å². The van der Waals surface area contributed by atoms with Crippen LogP contribution in [0.3, 0.4) is 0 Å². The highest BCUT2D eigenvalue weighted by atomic mass is 31.2. The first-order valence-electron chi connectivity index (χ1n) is 4.96. The molecule has 0 rings (SSSR count). The maximum Gasteiger partial charge on any atom is 0.332 e. The molecule has 0 spiro atoms. The van der Waals surface area contributed by atoms with Gasteiger partial charge in [-0.1, -0.05) is 0 Å². The van der Waals surface area contributed by atoms with Crippen LogP contribution in [0.4, 0.5) is 0 Å². The van der Waals surface area contributed by atoms with Crippen LogP contribution >= 0.6 is 7.60 Å². The molecular weight excluding hydrogens is 201 g/mol. The summed E-state index contributed by atoms with van der Waals surface area (Å²) in [6.07, 6.45) is 0.0419.